The van der Waals surface area contributed by atoms with Crippen LogP contribution in [0.5, 0.6) is 11.8 Å². The second-order valence-corrected chi connectivity index (χ2v) is 7.79. The molecule has 3 heterocycles. The van der Waals surface area contributed by atoms with Crippen molar-refractivity contribution in [3.05, 3.63) is 64.3 Å². The van der Waals surface area contributed by atoms with Crippen LogP contribution in [0.25, 0.3) is 22.6 Å². The van der Waals surface area contributed by atoms with Crippen molar-refractivity contribution in [2.75, 3.05) is 13.1 Å². The van der Waals surface area contributed by atoms with Gasteiger partial charge in [0.2, 0.25) is 11.8 Å². The second-order valence-electron chi connectivity index (χ2n) is 7.79. The Balaban J connectivity index is 1.35. The first-order chi connectivity index (χ1) is 15.9. The van der Waals surface area contributed by atoms with Crippen LogP contribution in [-0.4, -0.2) is 49.8 Å². The molecule has 168 valence electrons. The number of carbonyl (C=O) groups excluding carboxylic acids is 2. The summed E-state index contributed by atoms with van der Waals surface area (Å²) in [5.74, 6) is -2.34. The van der Waals surface area contributed by atoms with Gasteiger partial charge in [-0.2, -0.15) is 0 Å². The van der Waals surface area contributed by atoms with Gasteiger partial charge in [0, 0.05) is 25.2 Å². The van der Waals surface area contributed by atoms with Crippen LogP contribution in [-0.2, 0) is 4.79 Å². The number of likely N-dealkylation sites (tertiary alicyclic amines) is 1. The Morgan fingerprint density at radius 2 is 1.70 bits per heavy atom. The molecule has 1 saturated heterocycles. The molecule has 2 N–H and O–H groups in total. The highest BCUT2D eigenvalue weighted by atomic mass is 16.7. The average Bonchev–Trinajstić information content (AvgIpc) is 3.14. The minimum Gasteiger partial charge on any atom is -0.492 e. The van der Waals surface area contributed by atoms with E-state index in [1.165, 1.54) is 29.2 Å². The molecule has 10 nitrogen and oxygen atoms in total. The van der Waals surface area contributed by atoms with E-state index < -0.39 is 35.0 Å². The fourth-order valence-electron chi connectivity index (χ4n) is 3.96. The molecule has 1 amide bonds. The van der Waals surface area contributed by atoms with Crippen molar-refractivity contribution in [3.63, 3.8) is 0 Å². The molecule has 0 unspecified atom stereocenters. The van der Waals surface area contributed by atoms with Crippen molar-refractivity contribution >= 4 is 23.0 Å². The molecule has 2 aliphatic heterocycles. The van der Waals surface area contributed by atoms with E-state index in [9.17, 15) is 24.6 Å². The van der Waals surface area contributed by atoms with Crippen molar-refractivity contribution in [3.8, 4) is 23.2 Å². The summed E-state index contributed by atoms with van der Waals surface area (Å²) in [6, 6.07) is 12.3. The summed E-state index contributed by atoms with van der Waals surface area (Å²) in [5, 5.41) is 19.3. The van der Waals surface area contributed by atoms with Gasteiger partial charge in [-0.3, -0.25) is 9.59 Å². The Morgan fingerprint density at radius 3 is 2.42 bits per heavy atom. The average molecular weight is 449 g/mol. The smallest absolute Gasteiger partial charge is 0.336 e. The summed E-state index contributed by atoms with van der Waals surface area (Å²) in [4.78, 5) is 49.3. The van der Waals surface area contributed by atoms with E-state index in [0.29, 0.717) is 34.4 Å². The van der Waals surface area contributed by atoms with E-state index in [1.807, 2.05) is 6.07 Å². The number of hydrogen-bond donors (Lipinski definition) is 2. The van der Waals surface area contributed by atoms with Gasteiger partial charge in [0.1, 0.15) is 16.8 Å². The first kappa shape index (κ1) is 20.6. The van der Waals surface area contributed by atoms with Gasteiger partial charge in [-0.15, -0.1) is 4.73 Å². The largest absolute Gasteiger partial charge is 0.492 e. The quantitative estimate of drug-likeness (QED) is 0.454. The second kappa shape index (κ2) is 7.97. The van der Waals surface area contributed by atoms with Crippen molar-refractivity contribution < 1.29 is 29.1 Å². The Kier molecular flexibility index (Phi) is 4.97. The third-order valence-electron chi connectivity index (χ3n) is 5.73. The van der Waals surface area contributed by atoms with Crippen LogP contribution in [0.4, 0.5) is 0 Å². The maximum Gasteiger partial charge on any atom is 0.336 e. The lowest BCUT2D eigenvalue weighted by Gasteiger charge is -2.31. The molecule has 0 radical (unpaired) electrons. The molecule has 3 aliphatic rings. The van der Waals surface area contributed by atoms with E-state index in [1.54, 1.807) is 18.2 Å². The van der Waals surface area contributed by atoms with Crippen LogP contribution in [0.1, 0.15) is 23.2 Å². The molecule has 10 heteroatoms. The number of nitrogens with zero attached hydrogens (tertiary/aromatic N) is 3. The minimum atomic E-state index is -0.635. The maximum atomic E-state index is 13.2. The Hall–Kier alpha value is -4.34. The van der Waals surface area contributed by atoms with E-state index in [2.05, 4.69) is 4.98 Å². The third-order valence-corrected chi connectivity index (χ3v) is 5.73. The molecule has 0 atom stereocenters. The van der Waals surface area contributed by atoms with Crippen molar-refractivity contribution in [1.82, 2.24) is 14.6 Å². The summed E-state index contributed by atoms with van der Waals surface area (Å²) in [5.41, 5.74) is 0.924. The Morgan fingerprint density at radius 1 is 1.00 bits per heavy atom. The highest BCUT2D eigenvalue weighted by molar-refractivity contribution is 6.00. The lowest BCUT2D eigenvalue weighted by atomic mass is 9.96. The number of amides is 1. The lowest BCUT2D eigenvalue weighted by molar-refractivity contribution is -0.151. The first-order valence-electron chi connectivity index (χ1n) is 10.4. The Bertz CT molecular complexity index is 1380. The van der Waals surface area contributed by atoms with Crippen molar-refractivity contribution in [2.45, 2.75) is 12.8 Å². The molecule has 0 saturated carbocycles. The molecule has 33 heavy (non-hydrogen) atoms. The number of fused-ring (bicyclic) bond motifs is 2. The van der Waals surface area contributed by atoms with Crippen molar-refractivity contribution in [2.24, 2.45) is 5.92 Å². The fourth-order valence-corrected chi connectivity index (χ4v) is 3.96. The van der Waals surface area contributed by atoms with Gasteiger partial charge in [-0.1, -0.05) is 12.1 Å². The standard InChI is InChI=1S/C23H19N3O7/c27-16-6-5-15-21(32-17-4-2-1-3-14(17)24-15)20(16)22(30)25-11-9-13(10-12-25)23(31)33-26-18(28)7-8-19(26)29/h1-8,13,28-29H,9-12H2. The molecule has 1 aromatic carbocycles. The number of aromatic hydroxyl groups is 2. The fraction of sp³-hybridized carbons (Fsp3) is 0.217. The number of benzene rings is 2. The molecule has 1 fully saturated rings. The van der Waals surface area contributed by atoms with Gasteiger partial charge in [-0.05, 0) is 37.1 Å². The van der Waals surface area contributed by atoms with Crippen LogP contribution < -0.4 is 10.3 Å². The molecule has 1 aromatic heterocycles. The number of rotatable bonds is 3. The van der Waals surface area contributed by atoms with Crippen LogP contribution in [0.2, 0.25) is 0 Å². The summed E-state index contributed by atoms with van der Waals surface area (Å²) in [6.45, 7) is 0.443. The molecule has 1 aliphatic carbocycles. The number of aromatic nitrogens is 2. The zero-order valence-electron chi connectivity index (χ0n) is 17.3. The zero-order chi connectivity index (χ0) is 23.1. The van der Waals surface area contributed by atoms with E-state index >= 15 is 0 Å². The minimum absolute atomic E-state index is 0.0889. The molecular formula is C23H19N3O7. The molecule has 0 spiro atoms. The van der Waals surface area contributed by atoms with Crippen LogP contribution in [0.15, 0.2) is 57.7 Å². The highest BCUT2D eigenvalue weighted by Crippen LogP contribution is 2.28. The summed E-state index contributed by atoms with van der Waals surface area (Å²) < 4.78 is 6.51. The SMILES string of the molecule is O=C(On1c(O)ccc1O)C1CCN(C(=O)c2c3oc4ccccc4nc-3ccc2=O)CC1. The number of carbonyl (C=O) groups is 2. The molecule has 5 rings (SSSR count). The van der Waals surface area contributed by atoms with Gasteiger partial charge in [0.05, 0.1) is 5.92 Å². The van der Waals surface area contributed by atoms with E-state index in [-0.39, 0.29) is 24.4 Å². The summed E-state index contributed by atoms with van der Waals surface area (Å²) >= 11 is 0. The topological polar surface area (TPSA) is 135 Å². The highest BCUT2D eigenvalue weighted by Gasteiger charge is 2.33. The lowest BCUT2D eigenvalue weighted by Crippen LogP contribution is -2.43. The monoisotopic (exact) mass is 449 g/mol. The predicted molar refractivity (Wildman–Crippen MR) is 115 cm³/mol. The first-order valence-corrected chi connectivity index (χ1v) is 10.4. The van der Waals surface area contributed by atoms with Crippen LogP contribution in [0.3, 0.4) is 0 Å². The van der Waals surface area contributed by atoms with Crippen LogP contribution in [0, 0.1) is 5.92 Å². The van der Waals surface area contributed by atoms with Gasteiger partial charge in [0.15, 0.2) is 16.8 Å². The third kappa shape index (κ3) is 3.65. The van der Waals surface area contributed by atoms with E-state index in [4.69, 9.17) is 9.25 Å². The molecular weight excluding hydrogens is 430 g/mol. The number of para-hydroxylation sites is 2. The number of piperidine rings is 1. The summed E-state index contributed by atoms with van der Waals surface area (Å²) in [6.07, 6.45) is 0.593. The van der Waals surface area contributed by atoms with Gasteiger partial charge >= 0.3 is 5.97 Å². The van der Waals surface area contributed by atoms with Gasteiger partial charge in [0.25, 0.3) is 5.91 Å². The van der Waals surface area contributed by atoms with Crippen molar-refractivity contribution in [1.29, 1.82) is 0 Å². The number of hydrogen-bond acceptors (Lipinski definition) is 8. The molecule has 0 bridgehead atoms. The predicted octanol–water partition coefficient (Wildman–Crippen LogP) is 2.01. The van der Waals surface area contributed by atoms with Gasteiger partial charge in [-0.25, -0.2) is 9.78 Å². The van der Waals surface area contributed by atoms with E-state index in [0.717, 1.165) is 0 Å². The zero-order valence-corrected chi connectivity index (χ0v) is 17.3. The normalized spacial score (nSPS) is 14.6. The summed E-state index contributed by atoms with van der Waals surface area (Å²) in [7, 11) is 0. The molecule has 2 aromatic rings. The van der Waals surface area contributed by atoms with Crippen LogP contribution >= 0.6 is 0 Å². The van der Waals surface area contributed by atoms with Gasteiger partial charge < -0.3 is 24.4 Å². The maximum absolute atomic E-state index is 13.2. The Labute approximate surface area is 186 Å².